The molecule has 1 saturated heterocycles. The van der Waals surface area contributed by atoms with Crippen molar-refractivity contribution < 1.29 is 13.5 Å². The van der Waals surface area contributed by atoms with Gasteiger partial charge in [0, 0.05) is 13.1 Å². The molecule has 1 heterocycles. The first-order valence-corrected chi connectivity index (χ1v) is 8.21. The summed E-state index contributed by atoms with van der Waals surface area (Å²) < 4.78 is 26.9. The number of aliphatic hydroxyl groups excluding tert-OH is 1. The summed E-state index contributed by atoms with van der Waals surface area (Å²) in [5.74, 6) is 0. The van der Waals surface area contributed by atoms with E-state index in [-0.39, 0.29) is 6.61 Å². The molecule has 0 amide bonds. The van der Waals surface area contributed by atoms with Gasteiger partial charge < -0.3 is 5.11 Å². The number of nitrogens with zero attached hydrogens (tertiary/aromatic N) is 1. The Morgan fingerprint density at radius 2 is 1.79 bits per heavy atom. The molecule has 1 N–H and O–H groups in total. The summed E-state index contributed by atoms with van der Waals surface area (Å²) in [4.78, 5) is 0.334. The van der Waals surface area contributed by atoms with Crippen LogP contribution in [0.4, 0.5) is 0 Å². The molecular weight excluding hydrogens is 262 g/mol. The largest absolute Gasteiger partial charge is 0.392 e. The normalized spacial score (nSPS) is 18.2. The molecule has 1 aromatic rings. The van der Waals surface area contributed by atoms with Crippen LogP contribution in [0.15, 0.2) is 23.1 Å². The fraction of sp³-hybridized carbons (Fsp3) is 0.571. The van der Waals surface area contributed by atoms with Crippen molar-refractivity contribution in [3.05, 3.63) is 29.3 Å². The average molecular weight is 283 g/mol. The van der Waals surface area contributed by atoms with Crippen LogP contribution in [0.5, 0.6) is 0 Å². The molecule has 0 radical (unpaired) electrons. The highest BCUT2D eigenvalue weighted by Crippen LogP contribution is 2.24. The number of aliphatic hydroxyl groups is 1. The van der Waals surface area contributed by atoms with Crippen LogP contribution < -0.4 is 0 Å². The second-order valence-corrected chi connectivity index (χ2v) is 6.92. The molecule has 19 heavy (non-hydrogen) atoms. The summed E-state index contributed by atoms with van der Waals surface area (Å²) in [6.07, 6.45) is 4.05. The Hall–Kier alpha value is -0.910. The molecule has 1 fully saturated rings. The van der Waals surface area contributed by atoms with Crippen molar-refractivity contribution in [1.29, 1.82) is 0 Å². The third kappa shape index (κ3) is 2.99. The average Bonchev–Trinajstić information content (AvgIpc) is 2.68. The second kappa shape index (κ2) is 6.03. The number of benzene rings is 1. The predicted molar refractivity (Wildman–Crippen MR) is 74.3 cm³/mol. The fourth-order valence-corrected chi connectivity index (χ4v) is 4.32. The zero-order valence-corrected chi connectivity index (χ0v) is 12.1. The SMILES string of the molecule is Cc1c(CO)cccc1S(=O)(=O)N1CCCCCC1. The van der Waals surface area contributed by atoms with Crippen LogP contribution in [0.25, 0.3) is 0 Å². The minimum absolute atomic E-state index is 0.130. The van der Waals surface area contributed by atoms with Gasteiger partial charge in [-0.3, -0.25) is 0 Å². The predicted octanol–water partition coefficient (Wildman–Crippen LogP) is 2.05. The van der Waals surface area contributed by atoms with Crippen molar-refractivity contribution in [2.75, 3.05) is 13.1 Å². The molecule has 4 nitrogen and oxygen atoms in total. The van der Waals surface area contributed by atoms with Crippen molar-refractivity contribution >= 4 is 10.0 Å². The van der Waals surface area contributed by atoms with E-state index in [9.17, 15) is 13.5 Å². The van der Waals surface area contributed by atoms with Crippen LogP contribution in [-0.4, -0.2) is 30.9 Å². The van der Waals surface area contributed by atoms with Gasteiger partial charge in [0.25, 0.3) is 0 Å². The Kier molecular flexibility index (Phi) is 4.60. The first-order chi connectivity index (χ1) is 9.07. The van der Waals surface area contributed by atoms with Gasteiger partial charge in [-0.05, 0) is 37.0 Å². The Balaban J connectivity index is 2.38. The summed E-state index contributed by atoms with van der Waals surface area (Å²) in [6.45, 7) is 2.84. The molecule has 5 heteroatoms. The van der Waals surface area contributed by atoms with Crippen molar-refractivity contribution in [3.8, 4) is 0 Å². The maximum Gasteiger partial charge on any atom is 0.243 e. The molecular formula is C14H21NO3S. The maximum absolute atomic E-state index is 12.7. The van der Waals surface area contributed by atoms with Gasteiger partial charge in [0.15, 0.2) is 0 Å². The van der Waals surface area contributed by atoms with Gasteiger partial charge in [-0.15, -0.1) is 0 Å². The minimum Gasteiger partial charge on any atom is -0.392 e. The lowest BCUT2D eigenvalue weighted by atomic mass is 10.1. The topological polar surface area (TPSA) is 57.6 Å². The van der Waals surface area contributed by atoms with Gasteiger partial charge in [0.05, 0.1) is 11.5 Å². The third-order valence-corrected chi connectivity index (χ3v) is 5.79. The van der Waals surface area contributed by atoms with Crippen LogP contribution in [-0.2, 0) is 16.6 Å². The first kappa shape index (κ1) is 14.5. The van der Waals surface area contributed by atoms with Crippen molar-refractivity contribution in [3.63, 3.8) is 0 Å². The van der Waals surface area contributed by atoms with Crippen molar-refractivity contribution in [2.24, 2.45) is 0 Å². The maximum atomic E-state index is 12.7. The number of rotatable bonds is 3. The quantitative estimate of drug-likeness (QED) is 0.923. The molecule has 0 aliphatic carbocycles. The van der Waals surface area contributed by atoms with Gasteiger partial charge >= 0.3 is 0 Å². The van der Waals surface area contributed by atoms with Crippen molar-refractivity contribution in [2.45, 2.75) is 44.1 Å². The van der Waals surface area contributed by atoms with Gasteiger partial charge in [-0.1, -0.05) is 25.0 Å². The lowest BCUT2D eigenvalue weighted by Gasteiger charge is -2.21. The van der Waals surface area contributed by atoms with E-state index < -0.39 is 10.0 Å². The lowest BCUT2D eigenvalue weighted by molar-refractivity contribution is 0.280. The second-order valence-electron chi connectivity index (χ2n) is 5.02. The lowest BCUT2D eigenvalue weighted by Crippen LogP contribution is -2.32. The Morgan fingerprint density at radius 3 is 2.37 bits per heavy atom. The number of hydrogen-bond donors (Lipinski definition) is 1. The fourth-order valence-electron chi connectivity index (χ4n) is 2.53. The zero-order valence-electron chi connectivity index (χ0n) is 11.3. The monoisotopic (exact) mass is 283 g/mol. The highest BCUT2D eigenvalue weighted by atomic mass is 32.2. The first-order valence-electron chi connectivity index (χ1n) is 6.77. The van der Waals surface area contributed by atoms with Gasteiger partial charge in [0.2, 0.25) is 10.0 Å². The summed E-state index contributed by atoms with van der Waals surface area (Å²) in [7, 11) is -3.43. The van der Waals surface area contributed by atoms with E-state index in [1.54, 1.807) is 29.4 Å². The van der Waals surface area contributed by atoms with Crippen LogP contribution >= 0.6 is 0 Å². The molecule has 0 unspecified atom stereocenters. The summed E-state index contributed by atoms with van der Waals surface area (Å²) in [5.41, 5.74) is 1.34. The minimum atomic E-state index is -3.43. The molecule has 106 valence electrons. The molecule has 0 saturated carbocycles. The van der Waals surface area contributed by atoms with E-state index in [0.29, 0.717) is 29.1 Å². The zero-order chi connectivity index (χ0) is 13.9. The molecule has 0 bridgehead atoms. The molecule has 1 aliphatic heterocycles. The van der Waals surface area contributed by atoms with Crippen LogP contribution in [0, 0.1) is 6.92 Å². The van der Waals surface area contributed by atoms with E-state index in [1.165, 1.54) is 0 Å². The van der Waals surface area contributed by atoms with Crippen LogP contribution in [0.2, 0.25) is 0 Å². The summed E-state index contributed by atoms with van der Waals surface area (Å²) in [5, 5.41) is 9.26. The molecule has 1 aromatic carbocycles. The summed E-state index contributed by atoms with van der Waals surface area (Å²) >= 11 is 0. The Bertz CT molecular complexity index is 532. The van der Waals surface area contributed by atoms with E-state index in [4.69, 9.17) is 0 Å². The molecule has 2 rings (SSSR count). The Labute approximate surface area is 115 Å². The van der Waals surface area contributed by atoms with Crippen LogP contribution in [0.1, 0.15) is 36.8 Å². The molecule has 0 atom stereocenters. The van der Waals surface area contributed by atoms with Crippen LogP contribution in [0.3, 0.4) is 0 Å². The van der Waals surface area contributed by atoms with E-state index in [1.807, 2.05) is 0 Å². The summed E-state index contributed by atoms with van der Waals surface area (Å²) in [6, 6.07) is 5.09. The molecule has 1 aliphatic rings. The van der Waals surface area contributed by atoms with E-state index in [2.05, 4.69) is 0 Å². The van der Waals surface area contributed by atoms with Gasteiger partial charge in [-0.25, -0.2) is 8.42 Å². The smallest absolute Gasteiger partial charge is 0.243 e. The standard InChI is InChI=1S/C14H21NO3S/c1-12-13(11-16)7-6-8-14(12)19(17,18)15-9-4-2-3-5-10-15/h6-8,16H,2-5,9-11H2,1H3. The van der Waals surface area contributed by atoms with E-state index >= 15 is 0 Å². The highest BCUT2D eigenvalue weighted by Gasteiger charge is 2.27. The Morgan fingerprint density at radius 1 is 1.16 bits per heavy atom. The van der Waals surface area contributed by atoms with Gasteiger partial charge in [0.1, 0.15) is 0 Å². The third-order valence-electron chi connectivity index (χ3n) is 3.75. The molecule has 0 spiro atoms. The van der Waals surface area contributed by atoms with Gasteiger partial charge in [-0.2, -0.15) is 4.31 Å². The number of sulfonamides is 1. The van der Waals surface area contributed by atoms with E-state index in [0.717, 1.165) is 25.7 Å². The highest BCUT2D eigenvalue weighted by molar-refractivity contribution is 7.89. The van der Waals surface area contributed by atoms with Crippen molar-refractivity contribution in [1.82, 2.24) is 4.31 Å². The number of hydrogen-bond acceptors (Lipinski definition) is 3. The molecule has 0 aromatic heterocycles.